The van der Waals surface area contributed by atoms with Crippen LogP contribution in [0, 0.1) is 0 Å². The molecule has 0 heterocycles. The molecule has 3 heteroatoms. The quantitative estimate of drug-likeness (QED) is 0.847. The van der Waals surface area contributed by atoms with Gasteiger partial charge in [0, 0.05) is 5.56 Å². The monoisotopic (exact) mass is 270 g/mol. The number of aliphatic hydroxyl groups excluding tert-OH is 1. The van der Waals surface area contributed by atoms with E-state index in [0.717, 1.165) is 28.2 Å². The van der Waals surface area contributed by atoms with Crippen LogP contribution in [0.1, 0.15) is 16.7 Å². The van der Waals surface area contributed by atoms with E-state index in [9.17, 15) is 0 Å². The van der Waals surface area contributed by atoms with Crippen molar-refractivity contribution >= 4 is 12.2 Å². The number of hydrogen-bond acceptors (Lipinski definition) is 3. The molecule has 0 saturated carbocycles. The normalized spacial score (nSPS) is 10.8. The number of methoxy groups -OCH3 is 2. The molecule has 0 spiro atoms. The number of benzene rings is 2. The molecule has 3 nitrogen and oxygen atoms in total. The molecule has 2 aromatic rings. The summed E-state index contributed by atoms with van der Waals surface area (Å²) in [6.07, 6.45) is 3.98. The van der Waals surface area contributed by atoms with Gasteiger partial charge in [-0.2, -0.15) is 0 Å². The first-order valence-electron chi connectivity index (χ1n) is 6.36. The Morgan fingerprint density at radius 2 is 1.70 bits per heavy atom. The van der Waals surface area contributed by atoms with Crippen LogP contribution in [0.3, 0.4) is 0 Å². The summed E-state index contributed by atoms with van der Waals surface area (Å²) < 4.78 is 10.5. The van der Waals surface area contributed by atoms with Gasteiger partial charge in [0.2, 0.25) is 0 Å². The van der Waals surface area contributed by atoms with Gasteiger partial charge in [-0.15, -0.1) is 0 Å². The molecule has 0 bridgehead atoms. The minimum atomic E-state index is 0.0632. The second kappa shape index (κ2) is 6.78. The third-order valence-electron chi connectivity index (χ3n) is 3.05. The minimum Gasteiger partial charge on any atom is -0.497 e. The summed E-state index contributed by atoms with van der Waals surface area (Å²) in [5, 5.41) is 9.01. The average Bonchev–Trinajstić information content (AvgIpc) is 2.53. The predicted octanol–water partition coefficient (Wildman–Crippen LogP) is 3.37. The summed E-state index contributed by atoms with van der Waals surface area (Å²) in [7, 11) is 3.29. The van der Waals surface area contributed by atoms with Crippen molar-refractivity contribution in [3.8, 4) is 11.5 Å². The lowest BCUT2D eigenvalue weighted by atomic mass is 10.1. The molecule has 0 saturated heterocycles. The molecule has 0 amide bonds. The zero-order valence-electron chi connectivity index (χ0n) is 11.7. The molecule has 1 N–H and O–H groups in total. The van der Waals surface area contributed by atoms with Crippen LogP contribution in [0.2, 0.25) is 0 Å². The van der Waals surface area contributed by atoms with Crippen molar-refractivity contribution in [3.63, 3.8) is 0 Å². The number of aliphatic hydroxyl groups is 1. The molecule has 0 atom stereocenters. The molecule has 2 aromatic carbocycles. The zero-order chi connectivity index (χ0) is 14.4. The Labute approximate surface area is 119 Å². The summed E-state index contributed by atoms with van der Waals surface area (Å²) in [5.41, 5.74) is 2.92. The fourth-order valence-corrected chi connectivity index (χ4v) is 1.89. The summed E-state index contributed by atoms with van der Waals surface area (Å²) in [6, 6.07) is 13.4. The molecular weight excluding hydrogens is 252 g/mol. The van der Waals surface area contributed by atoms with Gasteiger partial charge in [0.25, 0.3) is 0 Å². The van der Waals surface area contributed by atoms with Crippen LogP contribution in [0.15, 0.2) is 42.5 Å². The summed E-state index contributed by atoms with van der Waals surface area (Å²) in [4.78, 5) is 0. The van der Waals surface area contributed by atoms with Crippen LogP contribution in [0.25, 0.3) is 12.2 Å². The van der Waals surface area contributed by atoms with Gasteiger partial charge < -0.3 is 14.6 Å². The lowest BCUT2D eigenvalue weighted by Crippen LogP contribution is -1.89. The molecule has 20 heavy (non-hydrogen) atoms. The van der Waals surface area contributed by atoms with E-state index < -0.39 is 0 Å². The van der Waals surface area contributed by atoms with Crippen molar-refractivity contribution in [3.05, 3.63) is 59.2 Å². The van der Waals surface area contributed by atoms with Gasteiger partial charge in [0.1, 0.15) is 11.5 Å². The molecular formula is C17H18O3. The van der Waals surface area contributed by atoms with Gasteiger partial charge in [0.15, 0.2) is 0 Å². The van der Waals surface area contributed by atoms with Crippen LogP contribution < -0.4 is 9.47 Å². The Balaban J connectivity index is 2.24. The predicted molar refractivity (Wildman–Crippen MR) is 80.8 cm³/mol. The fraction of sp³-hybridized carbons (Fsp3) is 0.176. The van der Waals surface area contributed by atoms with E-state index in [-0.39, 0.29) is 6.61 Å². The number of rotatable bonds is 5. The first-order chi connectivity index (χ1) is 9.76. The number of hydrogen-bond donors (Lipinski definition) is 1. The molecule has 0 unspecified atom stereocenters. The van der Waals surface area contributed by atoms with E-state index >= 15 is 0 Å². The van der Waals surface area contributed by atoms with Gasteiger partial charge in [0.05, 0.1) is 20.8 Å². The maximum atomic E-state index is 9.01. The standard InChI is InChI=1S/C17H18O3/c1-19-16-9-10-17(20-2)15(11-16)8-7-13-3-5-14(12-18)6-4-13/h3-11,18H,12H2,1-2H3/b8-7+. The van der Waals surface area contributed by atoms with E-state index in [1.54, 1.807) is 14.2 Å². The first-order valence-corrected chi connectivity index (χ1v) is 6.36. The van der Waals surface area contributed by atoms with Crippen LogP contribution >= 0.6 is 0 Å². The lowest BCUT2D eigenvalue weighted by Gasteiger charge is -2.07. The fourth-order valence-electron chi connectivity index (χ4n) is 1.89. The van der Waals surface area contributed by atoms with Crippen molar-refractivity contribution in [2.75, 3.05) is 14.2 Å². The molecule has 0 aliphatic carbocycles. The SMILES string of the molecule is COc1ccc(OC)c(/C=C/c2ccc(CO)cc2)c1. The second-order valence-electron chi connectivity index (χ2n) is 4.34. The molecule has 104 valence electrons. The Morgan fingerprint density at radius 1 is 0.950 bits per heavy atom. The van der Waals surface area contributed by atoms with Gasteiger partial charge in [-0.25, -0.2) is 0 Å². The van der Waals surface area contributed by atoms with E-state index in [0.29, 0.717) is 0 Å². The topological polar surface area (TPSA) is 38.7 Å². The van der Waals surface area contributed by atoms with Gasteiger partial charge in [-0.3, -0.25) is 0 Å². The van der Waals surface area contributed by atoms with Crippen molar-refractivity contribution < 1.29 is 14.6 Å². The van der Waals surface area contributed by atoms with Gasteiger partial charge in [-0.1, -0.05) is 36.4 Å². The highest BCUT2D eigenvalue weighted by Gasteiger charge is 2.01. The molecule has 0 fully saturated rings. The first kappa shape index (κ1) is 14.2. The summed E-state index contributed by atoms with van der Waals surface area (Å²) >= 11 is 0. The van der Waals surface area contributed by atoms with E-state index in [4.69, 9.17) is 14.6 Å². The Morgan fingerprint density at radius 3 is 2.30 bits per heavy atom. The Kier molecular flexibility index (Phi) is 4.80. The molecule has 0 aromatic heterocycles. The highest BCUT2D eigenvalue weighted by Crippen LogP contribution is 2.25. The largest absolute Gasteiger partial charge is 0.497 e. The third kappa shape index (κ3) is 3.39. The van der Waals surface area contributed by atoms with E-state index in [2.05, 4.69) is 0 Å². The second-order valence-corrected chi connectivity index (χ2v) is 4.34. The molecule has 0 aliphatic heterocycles. The third-order valence-corrected chi connectivity index (χ3v) is 3.05. The lowest BCUT2D eigenvalue weighted by molar-refractivity contribution is 0.282. The maximum Gasteiger partial charge on any atom is 0.126 e. The highest BCUT2D eigenvalue weighted by atomic mass is 16.5. The summed E-state index contributed by atoms with van der Waals surface area (Å²) in [5.74, 6) is 1.59. The summed E-state index contributed by atoms with van der Waals surface area (Å²) in [6.45, 7) is 0.0632. The van der Waals surface area contributed by atoms with Crippen molar-refractivity contribution in [2.24, 2.45) is 0 Å². The smallest absolute Gasteiger partial charge is 0.126 e. The van der Waals surface area contributed by atoms with Crippen LogP contribution in [0.4, 0.5) is 0 Å². The number of ether oxygens (including phenoxy) is 2. The van der Waals surface area contributed by atoms with Gasteiger partial charge in [-0.05, 0) is 29.3 Å². The van der Waals surface area contributed by atoms with Gasteiger partial charge >= 0.3 is 0 Å². The molecule has 0 radical (unpaired) electrons. The minimum absolute atomic E-state index is 0.0632. The van der Waals surface area contributed by atoms with Crippen LogP contribution in [-0.4, -0.2) is 19.3 Å². The molecule has 0 aliphatic rings. The highest BCUT2D eigenvalue weighted by molar-refractivity contribution is 5.73. The van der Waals surface area contributed by atoms with Crippen LogP contribution in [0.5, 0.6) is 11.5 Å². The Hall–Kier alpha value is -2.26. The average molecular weight is 270 g/mol. The van der Waals surface area contributed by atoms with Crippen molar-refractivity contribution in [2.45, 2.75) is 6.61 Å². The van der Waals surface area contributed by atoms with Crippen molar-refractivity contribution in [1.29, 1.82) is 0 Å². The van der Waals surface area contributed by atoms with E-state index in [1.165, 1.54) is 0 Å². The van der Waals surface area contributed by atoms with Crippen LogP contribution in [-0.2, 0) is 6.61 Å². The maximum absolute atomic E-state index is 9.01. The Bertz CT molecular complexity index is 586. The zero-order valence-corrected chi connectivity index (χ0v) is 11.7. The van der Waals surface area contributed by atoms with E-state index in [1.807, 2.05) is 54.6 Å². The molecule has 2 rings (SSSR count). The van der Waals surface area contributed by atoms with Crippen molar-refractivity contribution in [1.82, 2.24) is 0 Å².